The number of hydrogen-bond acceptors (Lipinski definition) is 2. The molecule has 0 bridgehead atoms. The van der Waals surface area contributed by atoms with E-state index in [1.54, 1.807) is 24.1 Å². The zero-order chi connectivity index (χ0) is 17.3. The Kier molecular flexibility index (Phi) is 4.88. The molecule has 1 aliphatic heterocycles. The third kappa shape index (κ3) is 3.30. The number of carbonyl (C=O) groups excluding carboxylic acids is 1. The average Bonchev–Trinajstić information content (AvgIpc) is 2.86. The van der Waals surface area contributed by atoms with Crippen molar-refractivity contribution in [3.05, 3.63) is 64.4 Å². The fraction of sp³-hybridized carbons (Fsp3) is 0.316. The molecule has 0 unspecified atom stereocenters. The summed E-state index contributed by atoms with van der Waals surface area (Å²) in [6, 6.07) is 12.7. The molecule has 2 aromatic rings. The summed E-state index contributed by atoms with van der Waals surface area (Å²) in [6.45, 7) is 2.55. The largest absolute Gasteiger partial charge is 0.308 e. The number of para-hydroxylation sites is 1. The lowest BCUT2D eigenvalue weighted by atomic mass is 10.1. The van der Waals surface area contributed by atoms with Crippen molar-refractivity contribution in [3.8, 4) is 0 Å². The number of halogens is 2. The number of rotatable bonds is 4. The highest BCUT2D eigenvalue weighted by molar-refractivity contribution is 6.31. The van der Waals surface area contributed by atoms with Crippen LogP contribution in [0, 0.1) is 5.82 Å². The van der Waals surface area contributed by atoms with Gasteiger partial charge >= 0.3 is 0 Å². The van der Waals surface area contributed by atoms with Crippen LogP contribution in [-0.4, -0.2) is 30.4 Å². The maximum atomic E-state index is 13.9. The summed E-state index contributed by atoms with van der Waals surface area (Å²) in [6.07, 6.45) is 0.866. The molecule has 126 valence electrons. The molecule has 1 aliphatic rings. The van der Waals surface area contributed by atoms with Crippen LogP contribution in [0.2, 0.25) is 5.02 Å². The summed E-state index contributed by atoms with van der Waals surface area (Å²) >= 11 is 6.07. The molecule has 0 spiro atoms. The summed E-state index contributed by atoms with van der Waals surface area (Å²) in [7, 11) is 1.80. The summed E-state index contributed by atoms with van der Waals surface area (Å²) in [5.41, 5.74) is 2.59. The Hall–Kier alpha value is -1.91. The van der Waals surface area contributed by atoms with Crippen molar-refractivity contribution in [1.82, 2.24) is 4.90 Å². The first kappa shape index (κ1) is 16.9. The molecule has 0 aliphatic carbocycles. The number of likely N-dealkylation sites (N-methyl/N-ethyl adjacent to an activating group) is 1. The fourth-order valence-corrected chi connectivity index (χ4v) is 3.48. The van der Waals surface area contributed by atoms with Crippen molar-refractivity contribution in [2.45, 2.75) is 25.9 Å². The minimum Gasteiger partial charge on any atom is -0.308 e. The number of amides is 1. The molecule has 0 aromatic heterocycles. The predicted octanol–water partition coefficient (Wildman–Crippen LogP) is 3.89. The van der Waals surface area contributed by atoms with Gasteiger partial charge in [0.1, 0.15) is 5.82 Å². The lowest BCUT2D eigenvalue weighted by Gasteiger charge is -2.26. The first-order valence-electron chi connectivity index (χ1n) is 7.98. The van der Waals surface area contributed by atoms with Crippen LogP contribution < -0.4 is 4.90 Å². The maximum Gasteiger partial charge on any atom is 0.241 e. The van der Waals surface area contributed by atoms with Crippen LogP contribution in [0.4, 0.5) is 10.1 Å². The molecule has 0 fully saturated rings. The van der Waals surface area contributed by atoms with Crippen LogP contribution in [-0.2, 0) is 17.8 Å². The number of anilines is 1. The van der Waals surface area contributed by atoms with Crippen LogP contribution in [0.5, 0.6) is 0 Å². The number of fused-ring (bicyclic) bond motifs is 1. The quantitative estimate of drug-likeness (QED) is 0.838. The van der Waals surface area contributed by atoms with Crippen molar-refractivity contribution in [3.63, 3.8) is 0 Å². The van der Waals surface area contributed by atoms with E-state index in [-0.39, 0.29) is 24.3 Å². The highest BCUT2D eigenvalue weighted by atomic mass is 35.5. The molecule has 24 heavy (non-hydrogen) atoms. The molecule has 1 amide bonds. The van der Waals surface area contributed by atoms with Gasteiger partial charge in [0.25, 0.3) is 0 Å². The first-order valence-corrected chi connectivity index (χ1v) is 8.36. The van der Waals surface area contributed by atoms with Gasteiger partial charge in [0.05, 0.1) is 6.54 Å². The topological polar surface area (TPSA) is 23.6 Å². The van der Waals surface area contributed by atoms with Gasteiger partial charge in [0, 0.05) is 28.9 Å². The smallest absolute Gasteiger partial charge is 0.241 e. The van der Waals surface area contributed by atoms with E-state index in [0.29, 0.717) is 17.1 Å². The predicted molar refractivity (Wildman–Crippen MR) is 94.8 cm³/mol. The van der Waals surface area contributed by atoms with Crippen molar-refractivity contribution in [2.24, 2.45) is 0 Å². The van der Waals surface area contributed by atoms with Gasteiger partial charge in [0.15, 0.2) is 0 Å². The number of carbonyl (C=O) groups is 1. The average molecular weight is 347 g/mol. The van der Waals surface area contributed by atoms with E-state index in [4.69, 9.17) is 11.6 Å². The van der Waals surface area contributed by atoms with Gasteiger partial charge in [-0.05, 0) is 44.2 Å². The van der Waals surface area contributed by atoms with Gasteiger partial charge in [0.2, 0.25) is 5.91 Å². The van der Waals surface area contributed by atoms with Crippen LogP contribution >= 0.6 is 11.6 Å². The Labute approximate surface area is 146 Å². The third-order valence-corrected chi connectivity index (χ3v) is 4.72. The molecule has 0 N–H and O–H groups in total. The minimum absolute atomic E-state index is 0.0161. The Balaban J connectivity index is 1.71. The number of hydrogen-bond donors (Lipinski definition) is 0. The van der Waals surface area contributed by atoms with Crippen LogP contribution in [0.15, 0.2) is 42.5 Å². The Morgan fingerprint density at radius 2 is 2.04 bits per heavy atom. The summed E-state index contributed by atoms with van der Waals surface area (Å²) in [5, 5.41) is 0.384. The molecule has 0 saturated carbocycles. The molecule has 0 saturated heterocycles. The SMILES string of the molecule is C[C@H]1Cc2ccccc2N1C(=O)CN(C)Cc1c(F)cccc1Cl. The Bertz CT molecular complexity index is 745. The summed E-state index contributed by atoms with van der Waals surface area (Å²) in [5.74, 6) is -0.330. The molecular weight excluding hydrogens is 327 g/mol. The van der Waals surface area contributed by atoms with E-state index in [1.165, 1.54) is 11.6 Å². The third-order valence-electron chi connectivity index (χ3n) is 4.37. The van der Waals surface area contributed by atoms with Crippen LogP contribution in [0.25, 0.3) is 0 Å². The lowest BCUT2D eigenvalue weighted by Crippen LogP contribution is -2.42. The second kappa shape index (κ2) is 6.91. The van der Waals surface area contributed by atoms with Crippen molar-refractivity contribution in [2.75, 3.05) is 18.5 Å². The lowest BCUT2D eigenvalue weighted by molar-refractivity contribution is -0.119. The van der Waals surface area contributed by atoms with E-state index < -0.39 is 0 Å². The van der Waals surface area contributed by atoms with E-state index in [1.807, 2.05) is 30.0 Å². The summed E-state index contributed by atoms with van der Waals surface area (Å²) in [4.78, 5) is 16.4. The highest BCUT2D eigenvalue weighted by Gasteiger charge is 2.30. The van der Waals surface area contributed by atoms with Crippen molar-refractivity contribution < 1.29 is 9.18 Å². The molecular formula is C19H20ClFN2O. The Morgan fingerprint density at radius 1 is 1.29 bits per heavy atom. The molecule has 0 radical (unpaired) electrons. The van der Waals surface area contributed by atoms with E-state index in [0.717, 1.165) is 12.1 Å². The highest BCUT2D eigenvalue weighted by Crippen LogP contribution is 2.32. The second-order valence-corrected chi connectivity index (χ2v) is 6.73. The molecule has 2 aromatic carbocycles. The van der Waals surface area contributed by atoms with Gasteiger partial charge in [-0.2, -0.15) is 0 Å². The number of nitrogens with zero attached hydrogens (tertiary/aromatic N) is 2. The van der Waals surface area contributed by atoms with Gasteiger partial charge in [-0.25, -0.2) is 4.39 Å². The van der Waals surface area contributed by atoms with Gasteiger partial charge < -0.3 is 4.90 Å². The van der Waals surface area contributed by atoms with E-state index >= 15 is 0 Å². The number of benzene rings is 2. The van der Waals surface area contributed by atoms with E-state index in [2.05, 4.69) is 6.07 Å². The van der Waals surface area contributed by atoms with Crippen molar-refractivity contribution >= 4 is 23.2 Å². The minimum atomic E-state index is -0.346. The monoisotopic (exact) mass is 346 g/mol. The fourth-order valence-electron chi connectivity index (χ4n) is 3.26. The van der Waals surface area contributed by atoms with Gasteiger partial charge in [-0.1, -0.05) is 35.9 Å². The zero-order valence-corrected chi connectivity index (χ0v) is 14.6. The standard InChI is InChI=1S/C19H20ClFN2O/c1-13-10-14-6-3-4-9-18(14)23(13)19(24)12-22(2)11-15-16(20)7-5-8-17(15)21/h3-9,13H,10-12H2,1-2H3/t13-/m0/s1. The van der Waals surface area contributed by atoms with Crippen LogP contribution in [0.3, 0.4) is 0 Å². The first-order chi connectivity index (χ1) is 11.5. The maximum absolute atomic E-state index is 13.9. The second-order valence-electron chi connectivity index (χ2n) is 6.32. The normalized spacial score (nSPS) is 16.5. The Morgan fingerprint density at radius 3 is 2.79 bits per heavy atom. The molecule has 5 heteroatoms. The van der Waals surface area contributed by atoms with E-state index in [9.17, 15) is 9.18 Å². The summed E-state index contributed by atoms with van der Waals surface area (Å²) < 4.78 is 13.9. The molecule has 3 rings (SSSR count). The molecule has 1 heterocycles. The zero-order valence-electron chi connectivity index (χ0n) is 13.8. The van der Waals surface area contributed by atoms with Gasteiger partial charge in [-0.3, -0.25) is 9.69 Å². The molecule has 3 nitrogen and oxygen atoms in total. The van der Waals surface area contributed by atoms with Gasteiger partial charge in [-0.15, -0.1) is 0 Å². The van der Waals surface area contributed by atoms with Crippen molar-refractivity contribution in [1.29, 1.82) is 0 Å². The molecule has 1 atom stereocenters. The van der Waals surface area contributed by atoms with Crippen LogP contribution in [0.1, 0.15) is 18.1 Å².